The molecule has 6 heteroatoms. The second kappa shape index (κ2) is 6.58. The fourth-order valence-corrected chi connectivity index (χ4v) is 2.41. The molecule has 0 aliphatic rings. The van der Waals surface area contributed by atoms with Crippen molar-refractivity contribution in [3.05, 3.63) is 57.8 Å². The molecule has 0 aromatic heterocycles. The highest BCUT2D eigenvalue weighted by molar-refractivity contribution is 9.10. The van der Waals surface area contributed by atoms with E-state index in [1.54, 1.807) is 7.11 Å². The second-order valence-corrected chi connectivity index (χ2v) is 5.05. The first-order valence-corrected chi connectivity index (χ1v) is 6.91. The van der Waals surface area contributed by atoms with Gasteiger partial charge in [0.1, 0.15) is 5.75 Å². The van der Waals surface area contributed by atoms with Crippen molar-refractivity contribution in [1.82, 2.24) is 0 Å². The lowest BCUT2D eigenvalue weighted by Gasteiger charge is -2.12. The topological polar surface area (TPSA) is 58.6 Å². The van der Waals surface area contributed by atoms with Gasteiger partial charge in [-0.05, 0) is 34.1 Å². The molecule has 0 fully saturated rings. The molecule has 2 aromatic rings. The minimum atomic E-state index is -1.18. The predicted molar refractivity (Wildman–Crippen MR) is 81.4 cm³/mol. The Labute approximate surface area is 129 Å². The van der Waals surface area contributed by atoms with E-state index >= 15 is 0 Å². The number of benzene rings is 2. The average molecular weight is 354 g/mol. The highest BCUT2D eigenvalue weighted by Crippen LogP contribution is 2.28. The van der Waals surface area contributed by atoms with Crippen LogP contribution < -0.4 is 10.1 Å². The number of ether oxygens (including phenoxy) is 1. The number of hydrogen-bond donors (Lipinski definition) is 2. The van der Waals surface area contributed by atoms with Crippen LogP contribution in [0.5, 0.6) is 5.75 Å². The van der Waals surface area contributed by atoms with E-state index in [1.165, 1.54) is 12.1 Å². The van der Waals surface area contributed by atoms with Gasteiger partial charge in [-0.2, -0.15) is 0 Å². The normalized spacial score (nSPS) is 10.2. The predicted octanol–water partition coefficient (Wildman–Crippen LogP) is 3.91. The number of aromatic carboxylic acids is 1. The van der Waals surface area contributed by atoms with Crippen molar-refractivity contribution >= 4 is 27.6 Å². The second-order valence-electron chi connectivity index (χ2n) is 4.26. The Morgan fingerprint density at radius 1 is 1.33 bits per heavy atom. The van der Waals surface area contributed by atoms with E-state index in [0.717, 1.165) is 5.56 Å². The van der Waals surface area contributed by atoms with Crippen molar-refractivity contribution in [1.29, 1.82) is 0 Å². The third-order valence-electron chi connectivity index (χ3n) is 2.97. The summed E-state index contributed by atoms with van der Waals surface area (Å²) < 4.78 is 19.3. The van der Waals surface area contributed by atoms with E-state index in [4.69, 9.17) is 9.84 Å². The molecule has 0 aliphatic carbocycles. The molecule has 4 nitrogen and oxygen atoms in total. The van der Waals surface area contributed by atoms with Crippen molar-refractivity contribution < 1.29 is 19.0 Å². The molecular weight excluding hydrogens is 341 g/mol. The molecule has 0 amide bonds. The Morgan fingerprint density at radius 2 is 2.05 bits per heavy atom. The zero-order valence-corrected chi connectivity index (χ0v) is 12.8. The molecule has 0 saturated heterocycles. The van der Waals surface area contributed by atoms with Gasteiger partial charge < -0.3 is 15.2 Å². The van der Waals surface area contributed by atoms with E-state index in [2.05, 4.69) is 21.2 Å². The maximum Gasteiger partial charge on any atom is 0.336 e. The van der Waals surface area contributed by atoms with Gasteiger partial charge in [-0.15, -0.1) is 0 Å². The molecule has 0 spiro atoms. The molecule has 0 saturated carbocycles. The number of rotatable bonds is 5. The standard InChI is InChI=1S/C15H13BrFNO3/c1-21-12-5-3-2-4-9(12)8-18-11-7-6-10(15(19)20)13(16)14(11)17/h2-7,18H,8H2,1H3,(H,19,20). The van der Waals surface area contributed by atoms with E-state index < -0.39 is 11.8 Å². The quantitative estimate of drug-likeness (QED) is 0.855. The van der Waals surface area contributed by atoms with Crippen molar-refractivity contribution in [2.24, 2.45) is 0 Å². The largest absolute Gasteiger partial charge is 0.496 e. The highest BCUT2D eigenvalue weighted by Gasteiger charge is 2.15. The number of para-hydroxylation sites is 1. The van der Waals surface area contributed by atoms with E-state index in [9.17, 15) is 9.18 Å². The van der Waals surface area contributed by atoms with Gasteiger partial charge in [-0.25, -0.2) is 9.18 Å². The smallest absolute Gasteiger partial charge is 0.336 e. The number of halogens is 2. The molecule has 0 aliphatic heterocycles. The fraction of sp³-hybridized carbons (Fsp3) is 0.133. The molecule has 0 atom stereocenters. The van der Waals surface area contributed by atoms with Gasteiger partial charge in [0.25, 0.3) is 0 Å². The van der Waals surface area contributed by atoms with Crippen LogP contribution in [0.3, 0.4) is 0 Å². The van der Waals surface area contributed by atoms with Crippen LogP contribution in [-0.4, -0.2) is 18.2 Å². The summed E-state index contributed by atoms with van der Waals surface area (Å²) in [4.78, 5) is 10.9. The third kappa shape index (κ3) is 3.33. The van der Waals surface area contributed by atoms with Gasteiger partial charge in [-0.3, -0.25) is 0 Å². The Balaban J connectivity index is 2.21. The van der Waals surface area contributed by atoms with Crippen LogP contribution in [0.15, 0.2) is 40.9 Å². The summed E-state index contributed by atoms with van der Waals surface area (Å²) >= 11 is 2.97. The Morgan fingerprint density at radius 3 is 2.71 bits per heavy atom. The first kappa shape index (κ1) is 15.3. The van der Waals surface area contributed by atoms with Crippen LogP contribution in [0.25, 0.3) is 0 Å². The monoisotopic (exact) mass is 353 g/mol. The van der Waals surface area contributed by atoms with Crippen molar-refractivity contribution in [2.45, 2.75) is 6.54 Å². The molecule has 0 radical (unpaired) electrons. The molecule has 0 unspecified atom stereocenters. The van der Waals surface area contributed by atoms with Crippen LogP contribution in [0.4, 0.5) is 10.1 Å². The van der Waals surface area contributed by atoms with Crippen LogP contribution in [-0.2, 0) is 6.54 Å². The van der Waals surface area contributed by atoms with E-state index in [-0.39, 0.29) is 15.7 Å². The average Bonchev–Trinajstić information content (AvgIpc) is 2.48. The van der Waals surface area contributed by atoms with Gasteiger partial charge in [0.15, 0.2) is 5.82 Å². The first-order valence-electron chi connectivity index (χ1n) is 6.11. The minimum Gasteiger partial charge on any atom is -0.496 e. The van der Waals surface area contributed by atoms with E-state index in [1.807, 2.05) is 24.3 Å². The Bertz CT molecular complexity index is 676. The maximum absolute atomic E-state index is 14.1. The van der Waals surface area contributed by atoms with Crippen molar-refractivity contribution in [2.75, 3.05) is 12.4 Å². The maximum atomic E-state index is 14.1. The summed E-state index contributed by atoms with van der Waals surface area (Å²) in [5, 5.41) is 11.9. The number of nitrogens with one attached hydrogen (secondary N) is 1. The molecular formula is C15H13BrFNO3. The number of carboxylic acids is 1. The minimum absolute atomic E-state index is 0.0694. The van der Waals surface area contributed by atoms with Crippen molar-refractivity contribution in [3.8, 4) is 5.75 Å². The molecule has 2 N–H and O–H groups in total. The molecule has 0 bridgehead atoms. The van der Waals surface area contributed by atoms with Crippen LogP contribution in [0.2, 0.25) is 0 Å². The SMILES string of the molecule is COc1ccccc1CNc1ccc(C(=O)O)c(Br)c1F. The molecule has 110 valence electrons. The summed E-state index contributed by atoms with van der Waals surface area (Å²) in [7, 11) is 1.57. The van der Waals surface area contributed by atoms with Crippen LogP contribution in [0.1, 0.15) is 15.9 Å². The zero-order valence-electron chi connectivity index (χ0n) is 11.2. The third-order valence-corrected chi connectivity index (χ3v) is 3.75. The van der Waals surface area contributed by atoms with Gasteiger partial charge >= 0.3 is 5.97 Å². The van der Waals surface area contributed by atoms with Crippen molar-refractivity contribution in [3.63, 3.8) is 0 Å². The van der Waals surface area contributed by atoms with Gasteiger partial charge in [0.05, 0.1) is 22.8 Å². The fourth-order valence-electron chi connectivity index (χ4n) is 1.89. The van der Waals surface area contributed by atoms with Gasteiger partial charge in [0.2, 0.25) is 0 Å². The number of hydrogen-bond acceptors (Lipinski definition) is 3. The summed E-state index contributed by atoms with van der Waals surface area (Å²) in [5.41, 5.74) is 0.978. The Kier molecular flexibility index (Phi) is 4.80. The number of methoxy groups -OCH3 is 1. The zero-order chi connectivity index (χ0) is 15.4. The number of carboxylic acid groups (broad SMARTS) is 1. The van der Waals surface area contributed by atoms with Crippen LogP contribution in [0, 0.1) is 5.82 Å². The molecule has 2 rings (SSSR count). The first-order chi connectivity index (χ1) is 10.0. The number of anilines is 1. The summed E-state index contributed by atoms with van der Waals surface area (Å²) in [6, 6.07) is 10.1. The highest BCUT2D eigenvalue weighted by atomic mass is 79.9. The summed E-state index contributed by atoms with van der Waals surface area (Å²) in [6.45, 7) is 0.361. The van der Waals surface area contributed by atoms with Gasteiger partial charge in [-0.1, -0.05) is 18.2 Å². The summed E-state index contributed by atoms with van der Waals surface area (Å²) in [6.07, 6.45) is 0. The number of carbonyl (C=O) groups is 1. The molecule has 2 aromatic carbocycles. The Hall–Kier alpha value is -2.08. The lowest BCUT2D eigenvalue weighted by molar-refractivity contribution is 0.0695. The molecule has 21 heavy (non-hydrogen) atoms. The van der Waals surface area contributed by atoms with E-state index in [0.29, 0.717) is 12.3 Å². The lowest BCUT2D eigenvalue weighted by atomic mass is 10.1. The lowest BCUT2D eigenvalue weighted by Crippen LogP contribution is -2.06. The van der Waals surface area contributed by atoms with Crippen LogP contribution >= 0.6 is 15.9 Å². The summed E-state index contributed by atoms with van der Waals surface area (Å²) in [5.74, 6) is -1.12. The molecule has 0 heterocycles. The van der Waals surface area contributed by atoms with Gasteiger partial charge in [0, 0.05) is 12.1 Å².